The van der Waals surface area contributed by atoms with Gasteiger partial charge in [-0.05, 0) is 30.5 Å². The predicted octanol–water partition coefficient (Wildman–Crippen LogP) is 1.55. The number of nitrogens with one attached hydrogen (secondary N) is 2. The zero-order chi connectivity index (χ0) is 17.3. The van der Waals surface area contributed by atoms with E-state index in [1.807, 2.05) is 12.1 Å². The molecule has 24 heavy (non-hydrogen) atoms. The van der Waals surface area contributed by atoms with E-state index in [1.165, 1.54) is 5.56 Å². The molecule has 2 rings (SSSR count). The molecule has 0 bridgehead atoms. The van der Waals surface area contributed by atoms with Crippen LogP contribution in [0.3, 0.4) is 0 Å². The summed E-state index contributed by atoms with van der Waals surface area (Å²) in [6.07, 6.45) is 1.97. The number of ether oxygens (including phenoxy) is 3. The highest BCUT2D eigenvalue weighted by molar-refractivity contribution is 5.79. The minimum absolute atomic E-state index is 0.0450. The number of aliphatic imine (C=N–C) groups is 1. The lowest BCUT2D eigenvalue weighted by Crippen LogP contribution is -2.48. The van der Waals surface area contributed by atoms with Crippen molar-refractivity contribution >= 4 is 5.96 Å². The van der Waals surface area contributed by atoms with Crippen LogP contribution >= 0.6 is 0 Å². The summed E-state index contributed by atoms with van der Waals surface area (Å²) in [7, 11) is 5.17. The maximum absolute atomic E-state index is 5.59. The topological polar surface area (TPSA) is 64.1 Å². The second-order valence-electron chi connectivity index (χ2n) is 5.97. The average Bonchev–Trinajstić information content (AvgIpc) is 2.65. The van der Waals surface area contributed by atoms with Gasteiger partial charge in [-0.3, -0.25) is 4.99 Å². The van der Waals surface area contributed by atoms with Crippen LogP contribution in [0.25, 0.3) is 0 Å². The number of methoxy groups -OCH3 is 2. The molecule has 1 heterocycles. The maximum atomic E-state index is 5.59. The Balaban J connectivity index is 2.06. The lowest BCUT2D eigenvalue weighted by atomic mass is 9.74. The first-order valence-electron chi connectivity index (χ1n) is 8.40. The van der Waals surface area contributed by atoms with Crippen molar-refractivity contribution in [1.82, 2.24) is 10.6 Å². The Morgan fingerprint density at radius 2 is 1.88 bits per heavy atom. The fourth-order valence-corrected chi connectivity index (χ4v) is 3.02. The lowest BCUT2D eigenvalue weighted by Gasteiger charge is -2.38. The van der Waals surface area contributed by atoms with E-state index in [9.17, 15) is 0 Å². The van der Waals surface area contributed by atoms with Gasteiger partial charge in [-0.2, -0.15) is 0 Å². The highest BCUT2D eigenvalue weighted by atomic mass is 16.5. The molecule has 1 saturated heterocycles. The summed E-state index contributed by atoms with van der Waals surface area (Å²) in [5.41, 5.74) is 1.36. The third-order valence-electron chi connectivity index (χ3n) is 4.57. The second kappa shape index (κ2) is 9.49. The molecule has 2 N–H and O–H groups in total. The Kier molecular flexibility index (Phi) is 7.34. The van der Waals surface area contributed by atoms with E-state index >= 15 is 0 Å². The van der Waals surface area contributed by atoms with Gasteiger partial charge in [0.1, 0.15) is 5.75 Å². The van der Waals surface area contributed by atoms with Crippen LogP contribution in [0.4, 0.5) is 0 Å². The van der Waals surface area contributed by atoms with Crippen molar-refractivity contribution in [2.45, 2.75) is 18.3 Å². The number of guanidine groups is 1. The summed E-state index contributed by atoms with van der Waals surface area (Å²) >= 11 is 0. The van der Waals surface area contributed by atoms with Crippen molar-refractivity contribution in [1.29, 1.82) is 0 Å². The van der Waals surface area contributed by atoms with Crippen LogP contribution in [-0.4, -0.2) is 60.1 Å². The SMILES string of the molecule is CN=C(NCCOC)NCC1(c2ccc(OC)cc2)CCOCC1. The second-order valence-corrected chi connectivity index (χ2v) is 5.97. The molecule has 1 aliphatic heterocycles. The molecule has 0 aromatic heterocycles. The van der Waals surface area contributed by atoms with E-state index in [0.29, 0.717) is 6.61 Å². The van der Waals surface area contributed by atoms with Gasteiger partial charge >= 0.3 is 0 Å². The van der Waals surface area contributed by atoms with Crippen LogP contribution in [0.2, 0.25) is 0 Å². The third kappa shape index (κ3) is 4.85. The largest absolute Gasteiger partial charge is 0.497 e. The number of hydrogen-bond donors (Lipinski definition) is 2. The first-order valence-corrected chi connectivity index (χ1v) is 8.40. The van der Waals surface area contributed by atoms with Crippen LogP contribution < -0.4 is 15.4 Å². The molecule has 134 valence electrons. The van der Waals surface area contributed by atoms with Gasteiger partial charge in [0.25, 0.3) is 0 Å². The lowest BCUT2D eigenvalue weighted by molar-refractivity contribution is 0.0513. The molecule has 0 spiro atoms. The first kappa shape index (κ1) is 18.5. The standard InChI is InChI=1S/C18H29N3O3/c1-19-17(20-10-13-22-2)21-14-18(8-11-24-12-9-18)15-4-6-16(23-3)7-5-15/h4-7H,8-14H2,1-3H3,(H2,19,20,21). The molecule has 0 atom stereocenters. The van der Waals surface area contributed by atoms with Crippen molar-refractivity contribution in [2.24, 2.45) is 4.99 Å². The van der Waals surface area contributed by atoms with Gasteiger partial charge in [-0.1, -0.05) is 12.1 Å². The molecule has 0 unspecified atom stereocenters. The Hall–Kier alpha value is -1.79. The van der Waals surface area contributed by atoms with E-state index in [0.717, 1.165) is 50.9 Å². The first-order chi connectivity index (χ1) is 11.7. The van der Waals surface area contributed by atoms with E-state index in [1.54, 1.807) is 21.3 Å². The molecular weight excluding hydrogens is 306 g/mol. The molecule has 1 aromatic rings. The minimum atomic E-state index is 0.0450. The van der Waals surface area contributed by atoms with E-state index in [-0.39, 0.29) is 5.41 Å². The van der Waals surface area contributed by atoms with E-state index < -0.39 is 0 Å². The van der Waals surface area contributed by atoms with Crippen LogP contribution in [0.5, 0.6) is 5.75 Å². The highest BCUT2D eigenvalue weighted by Gasteiger charge is 2.34. The van der Waals surface area contributed by atoms with Gasteiger partial charge in [0, 0.05) is 45.9 Å². The summed E-state index contributed by atoms with van der Waals surface area (Å²) in [4.78, 5) is 4.28. The van der Waals surface area contributed by atoms with Crippen LogP contribution in [0.15, 0.2) is 29.3 Å². The number of nitrogens with zero attached hydrogens (tertiary/aromatic N) is 1. The highest BCUT2D eigenvalue weighted by Crippen LogP contribution is 2.35. The Morgan fingerprint density at radius 1 is 1.17 bits per heavy atom. The Labute approximate surface area is 144 Å². The fourth-order valence-electron chi connectivity index (χ4n) is 3.02. The van der Waals surface area contributed by atoms with E-state index in [2.05, 4.69) is 27.8 Å². The molecule has 1 fully saturated rings. The smallest absolute Gasteiger partial charge is 0.191 e. The molecule has 1 aromatic carbocycles. The van der Waals surface area contributed by atoms with Gasteiger partial charge < -0.3 is 24.8 Å². The predicted molar refractivity (Wildman–Crippen MR) is 96.0 cm³/mol. The number of hydrogen-bond acceptors (Lipinski definition) is 4. The summed E-state index contributed by atoms with van der Waals surface area (Å²) in [6, 6.07) is 8.37. The van der Waals surface area contributed by atoms with Crippen LogP contribution in [0, 0.1) is 0 Å². The summed E-state index contributed by atoms with van der Waals surface area (Å²) < 4.78 is 15.9. The fraction of sp³-hybridized carbons (Fsp3) is 0.611. The van der Waals surface area contributed by atoms with Crippen molar-refractivity contribution in [3.05, 3.63) is 29.8 Å². The summed E-state index contributed by atoms with van der Waals surface area (Å²) in [6.45, 7) is 3.76. The zero-order valence-electron chi connectivity index (χ0n) is 14.9. The molecule has 6 nitrogen and oxygen atoms in total. The molecule has 0 radical (unpaired) electrons. The molecule has 6 heteroatoms. The Morgan fingerprint density at radius 3 is 2.46 bits per heavy atom. The maximum Gasteiger partial charge on any atom is 0.191 e. The Bertz CT molecular complexity index is 511. The minimum Gasteiger partial charge on any atom is -0.497 e. The number of rotatable bonds is 7. The van der Waals surface area contributed by atoms with Gasteiger partial charge in [0.15, 0.2) is 5.96 Å². The van der Waals surface area contributed by atoms with E-state index in [4.69, 9.17) is 14.2 Å². The molecule has 0 amide bonds. The summed E-state index contributed by atoms with van der Waals surface area (Å²) in [5, 5.41) is 6.72. The molecule has 0 saturated carbocycles. The zero-order valence-corrected chi connectivity index (χ0v) is 14.9. The normalized spacial score (nSPS) is 17.4. The molecular formula is C18H29N3O3. The monoisotopic (exact) mass is 335 g/mol. The summed E-state index contributed by atoms with van der Waals surface area (Å²) in [5.74, 6) is 1.68. The van der Waals surface area contributed by atoms with Gasteiger partial charge in [0.2, 0.25) is 0 Å². The van der Waals surface area contributed by atoms with Crippen LogP contribution in [0.1, 0.15) is 18.4 Å². The quantitative estimate of drug-likeness (QED) is 0.450. The van der Waals surface area contributed by atoms with Crippen molar-refractivity contribution in [3.63, 3.8) is 0 Å². The number of benzene rings is 1. The van der Waals surface area contributed by atoms with Gasteiger partial charge in [-0.15, -0.1) is 0 Å². The van der Waals surface area contributed by atoms with Crippen molar-refractivity contribution in [3.8, 4) is 5.75 Å². The van der Waals surface area contributed by atoms with Crippen molar-refractivity contribution in [2.75, 3.05) is 54.2 Å². The van der Waals surface area contributed by atoms with Crippen molar-refractivity contribution < 1.29 is 14.2 Å². The molecule has 1 aliphatic rings. The third-order valence-corrected chi connectivity index (χ3v) is 4.57. The molecule has 0 aliphatic carbocycles. The average molecular weight is 335 g/mol. The van der Waals surface area contributed by atoms with Crippen LogP contribution in [-0.2, 0) is 14.9 Å². The van der Waals surface area contributed by atoms with Gasteiger partial charge in [0.05, 0.1) is 13.7 Å². The van der Waals surface area contributed by atoms with Gasteiger partial charge in [-0.25, -0.2) is 0 Å².